The zero-order valence-electron chi connectivity index (χ0n) is 13.2. The Morgan fingerprint density at radius 3 is 2.15 bits per heavy atom. The third-order valence-electron chi connectivity index (χ3n) is 4.27. The fraction of sp³-hybridized carbons (Fsp3) is 0.647. The molecule has 0 amide bonds. The molecule has 1 aliphatic rings. The monoisotopic (exact) mass is 296 g/mol. The van der Waals surface area contributed by atoms with Crippen molar-refractivity contribution in [1.29, 1.82) is 0 Å². The van der Waals surface area contributed by atoms with Crippen molar-refractivity contribution >= 4 is 9.84 Å². The SMILES string of the molecule is CC(C)S(C)(=O)=O.CCC1CCCC1c1ccccc1. The summed E-state index contributed by atoms with van der Waals surface area (Å²) >= 11 is 0. The van der Waals surface area contributed by atoms with Gasteiger partial charge >= 0.3 is 0 Å². The minimum absolute atomic E-state index is 0.229. The molecular formula is C17H28O2S. The van der Waals surface area contributed by atoms with Gasteiger partial charge in [-0.1, -0.05) is 50.1 Å². The van der Waals surface area contributed by atoms with Crippen molar-refractivity contribution in [2.45, 2.75) is 57.6 Å². The molecule has 114 valence electrons. The summed E-state index contributed by atoms with van der Waals surface area (Å²) in [6, 6.07) is 11.0. The molecule has 1 aromatic rings. The zero-order chi connectivity index (χ0) is 15.2. The molecule has 0 bridgehead atoms. The number of rotatable bonds is 3. The molecule has 2 unspecified atom stereocenters. The van der Waals surface area contributed by atoms with E-state index in [-0.39, 0.29) is 5.25 Å². The number of hydrogen-bond acceptors (Lipinski definition) is 2. The van der Waals surface area contributed by atoms with Crippen LogP contribution in [0.25, 0.3) is 0 Å². The van der Waals surface area contributed by atoms with Crippen molar-refractivity contribution in [3.05, 3.63) is 35.9 Å². The van der Waals surface area contributed by atoms with E-state index < -0.39 is 9.84 Å². The van der Waals surface area contributed by atoms with E-state index in [9.17, 15) is 8.42 Å². The number of benzene rings is 1. The van der Waals surface area contributed by atoms with Crippen LogP contribution in [0.4, 0.5) is 0 Å². The second-order valence-corrected chi connectivity index (χ2v) is 8.60. The minimum Gasteiger partial charge on any atom is -0.229 e. The first-order valence-corrected chi connectivity index (χ1v) is 9.55. The Labute approximate surface area is 124 Å². The first-order valence-electron chi connectivity index (χ1n) is 7.60. The highest BCUT2D eigenvalue weighted by molar-refractivity contribution is 7.91. The Morgan fingerprint density at radius 1 is 1.15 bits per heavy atom. The fourth-order valence-corrected chi connectivity index (χ4v) is 2.66. The largest absolute Gasteiger partial charge is 0.229 e. The van der Waals surface area contributed by atoms with Gasteiger partial charge in [-0.25, -0.2) is 8.42 Å². The fourth-order valence-electron chi connectivity index (χ4n) is 2.66. The summed E-state index contributed by atoms with van der Waals surface area (Å²) in [5.74, 6) is 1.80. The molecule has 2 rings (SSSR count). The molecule has 0 heterocycles. The van der Waals surface area contributed by atoms with Gasteiger partial charge in [-0.2, -0.15) is 0 Å². The molecule has 1 aromatic carbocycles. The van der Waals surface area contributed by atoms with E-state index in [0.717, 1.165) is 11.8 Å². The van der Waals surface area contributed by atoms with E-state index in [1.807, 2.05) is 0 Å². The first-order chi connectivity index (χ1) is 9.36. The highest BCUT2D eigenvalue weighted by Gasteiger charge is 2.26. The molecule has 0 saturated heterocycles. The van der Waals surface area contributed by atoms with Crippen LogP contribution in [0.15, 0.2) is 30.3 Å². The van der Waals surface area contributed by atoms with E-state index in [0.29, 0.717) is 0 Å². The summed E-state index contributed by atoms with van der Waals surface area (Å²) in [5.41, 5.74) is 1.56. The predicted octanol–water partition coefficient (Wildman–Crippen LogP) is 4.42. The Balaban J connectivity index is 0.000000246. The normalized spacial score (nSPS) is 22.4. The van der Waals surface area contributed by atoms with Gasteiger partial charge in [0.1, 0.15) is 9.84 Å². The maximum absolute atomic E-state index is 10.3. The quantitative estimate of drug-likeness (QED) is 0.827. The molecule has 0 N–H and O–H groups in total. The van der Waals surface area contributed by atoms with Crippen molar-refractivity contribution in [1.82, 2.24) is 0 Å². The summed E-state index contributed by atoms with van der Waals surface area (Å²) in [6.45, 7) is 5.65. The van der Waals surface area contributed by atoms with Gasteiger partial charge in [0.2, 0.25) is 0 Å². The summed E-state index contributed by atoms with van der Waals surface area (Å²) < 4.78 is 20.7. The molecular weight excluding hydrogens is 268 g/mol. The van der Waals surface area contributed by atoms with Crippen molar-refractivity contribution in [2.75, 3.05) is 6.26 Å². The van der Waals surface area contributed by atoms with Gasteiger partial charge in [0.25, 0.3) is 0 Å². The lowest BCUT2D eigenvalue weighted by molar-refractivity contribution is 0.470. The molecule has 0 aromatic heterocycles. The van der Waals surface area contributed by atoms with Crippen LogP contribution in [-0.2, 0) is 9.84 Å². The minimum atomic E-state index is -2.74. The maximum atomic E-state index is 10.3. The van der Waals surface area contributed by atoms with Crippen molar-refractivity contribution in [2.24, 2.45) is 5.92 Å². The Hall–Kier alpha value is -0.830. The van der Waals surface area contributed by atoms with Crippen molar-refractivity contribution in [3.63, 3.8) is 0 Å². The van der Waals surface area contributed by atoms with Crippen LogP contribution in [0.2, 0.25) is 0 Å². The number of sulfone groups is 1. The van der Waals surface area contributed by atoms with E-state index in [1.54, 1.807) is 19.4 Å². The predicted molar refractivity (Wildman–Crippen MR) is 86.8 cm³/mol. The Kier molecular flexibility index (Phi) is 6.74. The summed E-state index contributed by atoms with van der Waals surface area (Å²) in [4.78, 5) is 0. The standard InChI is InChI=1S/C13H18.C4H10O2S/c1-2-11-9-6-10-13(11)12-7-4-3-5-8-12;1-4(2)7(3,5)6/h3-5,7-8,11,13H,2,6,9-10H2,1H3;4H,1-3H3. The molecule has 0 aliphatic heterocycles. The Bertz CT molecular complexity index is 477. The first kappa shape index (κ1) is 17.2. The van der Waals surface area contributed by atoms with Crippen LogP contribution < -0.4 is 0 Å². The smallest absolute Gasteiger partial charge is 0.149 e. The van der Waals surface area contributed by atoms with Crippen LogP contribution in [0.1, 0.15) is 57.9 Å². The van der Waals surface area contributed by atoms with Gasteiger partial charge in [-0.15, -0.1) is 0 Å². The highest BCUT2D eigenvalue weighted by atomic mass is 32.2. The Morgan fingerprint density at radius 2 is 1.70 bits per heavy atom. The lowest BCUT2D eigenvalue weighted by Crippen LogP contribution is -2.10. The maximum Gasteiger partial charge on any atom is 0.149 e. The van der Waals surface area contributed by atoms with E-state index >= 15 is 0 Å². The molecule has 1 saturated carbocycles. The van der Waals surface area contributed by atoms with Crippen LogP contribution in [-0.4, -0.2) is 19.9 Å². The topological polar surface area (TPSA) is 34.1 Å². The third-order valence-corrected chi connectivity index (χ3v) is 5.98. The van der Waals surface area contributed by atoms with E-state index in [2.05, 4.69) is 37.3 Å². The highest BCUT2D eigenvalue weighted by Crippen LogP contribution is 2.40. The van der Waals surface area contributed by atoms with Gasteiger partial charge < -0.3 is 0 Å². The van der Waals surface area contributed by atoms with Crippen LogP contribution in [0, 0.1) is 5.92 Å². The molecule has 0 radical (unpaired) electrons. The van der Waals surface area contributed by atoms with E-state index in [4.69, 9.17) is 0 Å². The van der Waals surface area contributed by atoms with Gasteiger partial charge in [-0.05, 0) is 44.1 Å². The zero-order valence-corrected chi connectivity index (χ0v) is 14.0. The molecule has 1 fully saturated rings. The van der Waals surface area contributed by atoms with Crippen LogP contribution in [0.3, 0.4) is 0 Å². The van der Waals surface area contributed by atoms with E-state index in [1.165, 1.54) is 31.9 Å². The molecule has 1 aliphatic carbocycles. The average Bonchev–Trinajstić information content (AvgIpc) is 2.87. The van der Waals surface area contributed by atoms with Crippen LogP contribution in [0.5, 0.6) is 0 Å². The lowest BCUT2D eigenvalue weighted by Gasteiger charge is -2.17. The molecule has 0 spiro atoms. The molecule has 3 heteroatoms. The van der Waals surface area contributed by atoms with Gasteiger partial charge in [0.15, 0.2) is 0 Å². The number of hydrogen-bond donors (Lipinski definition) is 0. The molecule has 20 heavy (non-hydrogen) atoms. The van der Waals surface area contributed by atoms with Crippen molar-refractivity contribution in [3.8, 4) is 0 Å². The lowest BCUT2D eigenvalue weighted by atomic mass is 9.87. The van der Waals surface area contributed by atoms with Gasteiger partial charge in [0.05, 0.1) is 5.25 Å². The average molecular weight is 296 g/mol. The van der Waals surface area contributed by atoms with Crippen molar-refractivity contribution < 1.29 is 8.42 Å². The summed E-state index contributed by atoms with van der Waals surface area (Å²) in [6.07, 6.45) is 6.86. The second-order valence-electron chi connectivity index (χ2n) is 5.99. The summed E-state index contributed by atoms with van der Waals surface area (Å²) in [7, 11) is -2.74. The second kappa shape index (κ2) is 7.82. The van der Waals surface area contributed by atoms with Gasteiger partial charge in [0, 0.05) is 6.26 Å². The summed E-state index contributed by atoms with van der Waals surface area (Å²) in [5, 5.41) is -0.229. The van der Waals surface area contributed by atoms with Gasteiger partial charge in [-0.3, -0.25) is 0 Å². The molecule has 2 nitrogen and oxygen atoms in total. The third kappa shape index (κ3) is 5.28. The van der Waals surface area contributed by atoms with Crippen LogP contribution >= 0.6 is 0 Å². The molecule has 2 atom stereocenters.